The molecule has 24 heteroatoms. The second-order valence-electron chi connectivity index (χ2n) is 31.5. The second-order valence-corrected chi connectivity index (χ2v) is 31.5. The Bertz CT molecular complexity index is 5370. The van der Waals surface area contributed by atoms with Crippen LogP contribution in [0, 0.1) is 0 Å². The van der Waals surface area contributed by atoms with Gasteiger partial charge in [-0.05, 0) is 230 Å². The number of rotatable bonds is 17. The molecule has 5 fully saturated rings. The topological polar surface area (TPSA) is 269 Å². The number of carbonyl (C=O) groups excluding carboxylic acids is 8. The minimum atomic E-state index is -0.460. The van der Waals surface area contributed by atoms with Crippen molar-refractivity contribution in [3.8, 4) is 28.7 Å². The number of piperazine rings is 2. The summed E-state index contributed by atoms with van der Waals surface area (Å²) >= 11 is 0. The summed E-state index contributed by atoms with van der Waals surface area (Å²) in [5.74, 6) is 4.71. The standard InChI is InChI=1S/C39H43N5O5.C21H22N4O4.C18H23NO2.C16H19NO2/c1-4-44-33-16-15-29(48-3)23-30(33)31(36(44)25-8-6-5-7-9-25)24-35-37(45)32-22-28(14-17-34(32)49-35)41-39(47)40-27-12-10-26(11-13-27)38(46)43-20-18-42(2)19-21-43;1-24-8-10-25(11-9-24)20(27)14-2-4-15(5-3-14)22-21(28)23-16-6-7-19-17(12-16)18(26)13-29-19;1-3-19-17-10-9-14(21-2)11-15(17)16(12-20)18(19)13-7-5-4-6-8-13;1-19-12-7-8-15-13(9-12)14(10-18)16(17-15)11-5-3-2-4-6-11/h10-17,22-25H,4-9,18-21H2,1-3H3,(H2,40,41,47);2-7,12H,8-11,13H2,1H3,(H2,22,23,28);9-13H,3-8H2,1-2H3;7-11,17H,2-6H2,1H3/b35-24-;;;. The number of allylic oxidation sites excluding steroid dienone is 1. The van der Waals surface area contributed by atoms with Gasteiger partial charge in [-0.15, -0.1) is 0 Å². The lowest BCUT2D eigenvalue weighted by molar-refractivity contribution is 0.0657. The molecule has 0 atom stereocenters. The number of carbonyl (C=O) groups is 8. The molecule has 3 saturated carbocycles. The average molecular weight is 1600 g/mol. The van der Waals surface area contributed by atoms with Gasteiger partial charge in [-0.3, -0.25) is 28.8 Å². The molecule has 17 rings (SSSR count). The molecule has 0 unspecified atom stereocenters. The summed E-state index contributed by atoms with van der Waals surface area (Å²) in [6.45, 7) is 12.3. The van der Waals surface area contributed by atoms with Crippen molar-refractivity contribution < 1.29 is 62.0 Å². The first-order valence-corrected chi connectivity index (χ1v) is 41.7. The number of benzene rings is 7. The van der Waals surface area contributed by atoms with Crippen LogP contribution in [0.3, 0.4) is 0 Å². The van der Waals surface area contributed by atoms with E-state index in [9.17, 15) is 38.4 Å². The third kappa shape index (κ3) is 18.5. The van der Waals surface area contributed by atoms with Crippen LogP contribution < -0.4 is 45.0 Å². The van der Waals surface area contributed by atoms with E-state index in [2.05, 4.69) is 78.2 Å². The highest BCUT2D eigenvalue weighted by molar-refractivity contribution is 6.16. The van der Waals surface area contributed by atoms with Gasteiger partial charge in [0, 0.05) is 166 Å². The minimum Gasteiger partial charge on any atom is -0.497 e. The summed E-state index contributed by atoms with van der Waals surface area (Å²) in [5.41, 5.74) is 13.7. The van der Waals surface area contributed by atoms with Crippen LogP contribution in [0.25, 0.3) is 38.8 Å². The Morgan fingerprint density at radius 1 is 0.458 bits per heavy atom. The van der Waals surface area contributed by atoms with E-state index in [-0.39, 0.29) is 35.7 Å². The van der Waals surface area contributed by atoms with Gasteiger partial charge in [0.15, 0.2) is 24.9 Å². The number of aryl methyl sites for hydroxylation is 2. The number of fused-ring (bicyclic) bond motifs is 5. The van der Waals surface area contributed by atoms with E-state index >= 15 is 0 Å². The van der Waals surface area contributed by atoms with E-state index < -0.39 is 12.1 Å². The quantitative estimate of drug-likeness (QED) is 0.0419. The number of likely N-dealkylation sites (N-methyl/N-ethyl adjacent to an activating group) is 2. The molecule has 3 aliphatic carbocycles. The predicted molar refractivity (Wildman–Crippen MR) is 462 cm³/mol. The molecule has 5 N–H and O–H groups in total. The van der Waals surface area contributed by atoms with Gasteiger partial charge in [0.05, 0.1) is 32.5 Å². The van der Waals surface area contributed by atoms with Crippen molar-refractivity contribution in [1.82, 2.24) is 33.7 Å². The number of urea groups is 2. The first-order valence-electron chi connectivity index (χ1n) is 41.7. The van der Waals surface area contributed by atoms with Gasteiger partial charge >= 0.3 is 12.1 Å². The number of nitrogens with zero attached hydrogens (tertiary/aromatic N) is 6. The monoisotopic (exact) mass is 1600 g/mol. The van der Waals surface area contributed by atoms with Crippen LogP contribution in [0.4, 0.5) is 32.3 Å². The molecule has 0 spiro atoms. The minimum absolute atomic E-state index is 0.000807. The smallest absolute Gasteiger partial charge is 0.323 e. The number of Topliss-reactive ketones (excluding diaryl/α,β-unsaturated/α-hetero) is 2. The molecule has 616 valence electrons. The molecular weight excluding hydrogens is 1490 g/mol. The highest BCUT2D eigenvalue weighted by atomic mass is 16.5. The van der Waals surface area contributed by atoms with Gasteiger partial charge in [0.2, 0.25) is 11.6 Å². The fraction of sp³-hybridized carbons (Fsp3) is 0.383. The summed E-state index contributed by atoms with van der Waals surface area (Å²) in [5, 5.41) is 14.1. The number of aldehydes is 2. The molecule has 3 aromatic heterocycles. The molecule has 4 aliphatic heterocycles. The normalized spacial score (nSPS) is 16.9. The lowest BCUT2D eigenvalue weighted by atomic mass is 9.85. The number of aromatic amines is 1. The van der Waals surface area contributed by atoms with Crippen LogP contribution in [0.1, 0.15) is 213 Å². The van der Waals surface area contributed by atoms with Crippen LogP contribution in [-0.2, 0) is 13.1 Å². The van der Waals surface area contributed by atoms with E-state index in [1.807, 2.05) is 65.4 Å². The lowest BCUT2D eigenvalue weighted by Crippen LogP contribution is -2.47. The molecule has 10 aromatic rings. The zero-order chi connectivity index (χ0) is 82.5. The van der Waals surface area contributed by atoms with E-state index in [1.54, 1.807) is 106 Å². The first-order chi connectivity index (χ1) is 57.4. The molecule has 6 amide bonds. The number of nitrogens with one attached hydrogen (secondary N) is 5. The molecular formula is C94H107N11O13. The largest absolute Gasteiger partial charge is 0.497 e. The predicted octanol–water partition coefficient (Wildman–Crippen LogP) is 18.2. The van der Waals surface area contributed by atoms with E-state index in [0.29, 0.717) is 100 Å². The molecule has 0 bridgehead atoms. The number of anilines is 4. The zero-order valence-corrected chi connectivity index (χ0v) is 68.6. The third-order valence-electron chi connectivity index (χ3n) is 24.1. The molecule has 0 radical (unpaired) electrons. The Kier molecular flexibility index (Phi) is 26.5. The molecule has 7 aliphatic rings. The van der Waals surface area contributed by atoms with Gasteiger partial charge in [0.25, 0.3) is 11.8 Å². The van der Waals surface area contributed by atoms with Gasteiger partial charge < -0.3 is 78.7 Å². The van der Waals surface area contributed by atoms with Gasteiger partial charge in [-0.2, -0.15) is 0 Å². The summed E-state index contributed by atoms with van der Waals surface area (Å²) in [6, 6.07) is 40.9. The van der Waals surface area contributed by atoms with Crippen molar-refractivity contribution in [3.05, 3.63) is 201 Å². The van der Waals surface area contributed by atoms with Crippen molar-refractivity contribution in [2.45, 2.75) is 141 Å². The van der Waals surface area contributed by atoms with E-state index in [1.165, 1.54) is 94.9 Å². The lowest BCUT2D eigenvalue weighted by Gasteiger charge is -2.32. The third-order valence-corrected chi connectivity index (χ3v) is 24.1. The number of hydrogen-bond acceptors (Lipinski definition) is 15. The Labute approximate surface area is 688 Å². The summed E-state index contributed by atoms with van der Waals surface area (Å²) in [6.07, 6.45) is 22.3. The van der Waals surface area contributed by atoms with Gasteiger partial charge in [0.1, 0.15) is 28.7 Å². The number of H-pyrrole nitrogens is 1. The Balaban J connectivity index is 0.000000140. The molecule has 24 nitrogen and oxygen atoms in total. The second kappa shape index (κ2) is 37.9. The maximum Gasteiger partial charge on any atom is 0.323 e. The Hall–Kier alpha value is -12.0. The number of ketones is 2. The van der Waals surface area contributed by atoms with E-state index in [4.69, 9.17) is 23.7 Å². The van der Waals surface area contributed by atoms with Crippen LogP contribution in [0.15, 0.2) is 145 Å². The maximum absolute atomic E-state index is 13.8. The van der Waals surface area contributed by atoms with Gasteiger partial charge in [-0.1, -0.05) is 57.8 Å². The maximum atomic E-state index is 13.8. The van der Waals surface area contributed by atoms with Crippen molar-refractivity contribution in [3.63, 3.8) is 0 Å². The van der Waals surface area contributed by atoms with Crippen LogP contribution in [-0.4, -0.2) is 176 Å². The first kappa shape index (κ1) is 82.5. The molecule has 118 heavy (non-hydrogen) atoms. The summed E-state index contributed by atoms with van der Waals surface area (Å²) in [7, 11) is 9.08. The highest BCUT2D eigenvalue weighted by Crippen LogP contribution is 2.45. The number of aromatic nitrogens is 3. The SMILES string of the molecule is CCn1c(C2CCCCC2)c(/C=C2\Oc3ccc(NC(=O)Nc4ccc(C(=O)N5CCN(C)CC5)cc4)cc3C2=O)c2cc(OC)ccc21.CCn1c(C2CCCCC2)c(C=O)c2cc(OC)ccc21.CN1CCN(C(=O)c2ccc(NC(=O)Nc3ccc4c(c3)C(=O)CO4)cc2)CC1.COc1ccc2[nH]c(C3CCCCC3)c(C=O)c2c1. The number of hydrogen-bond donors (Lipinski definition) is 5. The zero-order valence-electron chi connectivity index (χ0n) is 68.6. The Morgan fingerprint density at radius 2 is 0.873 bits per heavy atom. The molecule has 2 saturated heterocycles. The molecule has 7 heterocycles. The van der Waals surface area contributed by atoms with Crippen LogP contribution in [0.2, 0.25) is 0 Å². The Morgan fingerprint density at radius 3 is 1.34 bits per heavy atom. The fourth-order valence-electron chi connectivity index (χ4n) is 17.7. The van der Waals surface area contributed by atoms with Crippen molar-refractivity contribution in [2.24, 2.45) is 0 Å². The molecule has 7 aromatic carbocycles. The van der Waals surface area contributed by atoms with Crippen molar-refractivity contribution in [2.75, 3.05) is 116 Å². The van der Waals surface area contributed by atoms with Gasteiger partial charge in [-0.25, -0.2) is 9.59 Å². The summed E-state index contributed by atoms with van der Waals surface area (Å²) < 4.78 is 32.3. The van der Waals surface area contributed by atoms with Crippen LogP contribution in [0.5, 0.6) is 28.7 Å². The van der Waals surface area contributed by atoms with Crippen molar-refractivity contribution in [1.29, 1.82) is 0 Å². The number of ether oxygens (including phenoxy) is 5. The fourth-order valence-corrected chi connectivity index (χ4v) is 17.7. The highest BCUT2D eigenvalue weighted by Gasteiger charge is 2.33. The average Bonchev–Trinajstić information content (AvgIpc) is 1.61. The number of methoxy groups -OCH3 is 3. The van der Waals surface area contributed by atoms with Crippen molar-refractivity contribution >= 4 is 110 Å². The number of amides is 6. The van der Waals surface area contributed by atoms with E-state index in [0.717, 1.165) is 137 Å². The summed E-state index contributed by atoms with van der Waals surface area (Å²) in [4.78, 5) is 111. The van der Waals surface area contributed by atoms with Crippen LogP contribution >= 0.6 is 0 Å².